The summed E-state index contributed by atoms with van der Waals surface area (Å²) in [4.78, 5) is 25.3. The molecule has 0 spiro atoms. The molecule has 2 rings (SSSR count). The molecule has 3 atom stereocenters. The first-order valence-electron chi connectivity index (χ1n) is 13.7. The molecular weight excluding hydrogens is 539 g/mol. The molecule has 0 bridgehead atoms. The lowest BCUT2D eigenvalue weighted by Gasteiger charge is -2.37. The maximum atomic E-state index is 14.2. The maximum absolute atomic E-state index is 14.2. The highest BCUT2D eigenvalue weighted by Crippen LogP contribution is 2.49. The molecular formula is C26H47N6O7P. The second kappa shape index (κ2) is 14.7. The molecule has 4 N–H and O–H groups in total. The zero-order valence-corrected chi connectivity index (χ0v) is 25.9. The number of rotatable bonds is 18. The fourth-order valence-electron chi connectivity index (χ4n) is 3.86. The van der Waals surface area contributed by atoms with E-state index in [4.69, 9.17) is 24.5 Å². The highest BCUT2D eigenvalue weighted by atomic mass is 31.2. The summed E-state index contributed by atoms with van der Waals surface area (Å²) in [6, 6.07) is 0. The summed E-state index contributed by atoms with van der Waals surface area (Å²) in [6.07, 6.45) is 4.19. The van der Waals surface area contributed by atoms with Crippen molar-refractivity contribution >= 4 is 30.5 Å². The number of imidazole rings is 1. The minimum atomic E-state index is -3.95. The van der Waals surface area contributed by atoms with Crippen LogP contribution in [0, 0.1) is 0 Å². The molecule has 2 aromatic rings. The highest BCUT2D eigenvalue weighted by Gasteiger charge is 2.44. The molecule has 2 heterocycles. The van der Waals surface area contributed by atoms with Gasteiger partial charge in [0.15, 0.2) is 17.8 Å². The van der Waals surface area contributed by atoms with Crippen LogP contribution in [0.1, 0.15) is 81.1 Å². The summed E-state index contributed by atoms with van der Waals surface area (Å²) >= 11 is 0. The van der Waals surface area contributed by atoms with E-state index in [1.165, 1.54) is 6.33 Å². The molecule has 0 fully saturated rings. The van der Waals surface area contributed by atoms with Crippen LogP contribution in [0.15, 0.2) is 12.7 Å². The molecule has 0 aliphatic carbocycles. The lowest BCUT2D eigenvalue weighted by Crippen LogP contribution is -2.49. The average molecular weight is 587 g/mol. The number of carbonyl (C=O) groups excluding carboxylic acids is 1. The van der Waals surface area contributed by atoms with Gasteiger partial charge in [0.2, 0.25) is 0 Å². The Bertz CT molecular complexity index is 1140. The molecule has 0 saturated heterocycles. The summed E-state index contributed by atoms with van der Waals surface area (Å²) < 4.78 is 38.9. The second-order valence-electron chi connectivity index (χ2n) is 11.3. The normalized spacial score (nSPS) is 15.8. The largest absolute Gasteiger partial charge is 0.464 e. The van der Waals surface area contributed by atoms with Gasteiger partial charge in [-0.1, -0.05) is 26.2 Å². The van der Waals surface area contributed by atoms with E-state index in [9.17, 15) is 14.5 Å². The molecule has 14 heteroatoms. The molecule has 0 aromatic carbocycles. The number of nitrogens with zero attached hydrogens (tertiary/aromatic N) is 4. The first kappa shape index (κ1) is 34.1. The van der Waals surface area contributed by atoms with Crippen LogP contribution in [0.25, 0.3) is 11.2 Å². The summed E-state index contributed by atoms with van der Waals surface area (Å²) in [5.74, 6) is -0.303. The zero-order chi connectivity index (χ0) is 30.1. The van der Waals surface area contributed by atoms with E-state index in [2.05, 4.69) is 27.0 Å². The summed E-state index contributed by atoms with van der Waals surface area (Å²) in [5, 5.41) is 13.5. The quantitative estimate of drug-likeness (QED) is 0.0993. The summed E-state index contributed by atoms with van der Waals surface area (Å²) in [7, 11) is -3.95. The van der Waals surface area contributed by atoms with E-state index in [1.807, 2.05) is 0 Å². The monoisotopic (exact) mass is 586 g/mol. The van der Waals surface area contributed by atoms with Gasteiger partial charge in [0.1, 0.15) is 29.3 Å². The maximum Gasteiger partial charge on any atom is 0.326 e. The highest BCUT2D eigenvalue weighted by molar-refractivity contribution is 7.56. The topological polar surface area (TPSA) is 173 Å². The van der Waals surface area contributed by atoms with Crippen LogP contribution in [0.3, 0.4) is 0 Å². The van der Waals surface area contributed by atoms with Gasteiger partial charge in [-0.25, -0.2) is 20.0 Å². The first-order valence-corrected chi connectivity index (χ1v) is 15.5. The van der Waals surface area contributed by atoms with Crippen molar-refractivity contribution in [3.05, 3.63) is 12.7 Å². The third kappa shape index (κ3) is 10.0. The molecule has 0 amide bonds. The third-order valence-corrected chi connectivity index (χ3v) is 8.14. The van der Waals surface area contributed by atoms with Crippen LogP contribution in [-0.4, -0.2) is 73.2 Å². The van der Waals surface area contributed by atoms with Crippen molar-refractivity contribution in [1.82, 2.24) is 24.6 Å². The predicted octanol–water partition coefficient (Wildman–Crippen LogP) is 3.99. The number of fused-ring (bicyclic) bond motifs is 1. The van der Waals surface area contributed by atoms with Crippen molar-refractivity contribution in [2.45, 2.75) is 117 Å². The van der Waals surface area contributed by atoms with E-state index in [0.29, 0.717) is 17.7 Å². The standard InChI is InChI=1S/C26H47N6O7P/c1-9-10-11-12-13-36-23(33)25(5,6)31-40(35,39-26(7,8)24(34)38-18(2)3)17-37-19(4)14-32-16-30-20-21(27)28-15-29-22(20)32/h15-16,18-19,24,34H,9-14,17H2,1-8H3,(H,31,35)(H2,27,28,29)/t19-,24?,40?/m1/s1. The number of aliphatic hydroxyl groups is 1. The number of carbonyl (C=O) groups is 1. The SMILES string of the molecule is CCCCCCOC(=O)C(C)(C)NP(=O)(CO[C@H](C)Cn1cnc2c(N)ncnc21)OC(C)(C)C(O)OC(C)C. The lowest BCUT2D eigenvalue weighted by atomic mass is 10.1. The number of esters is 1. The molecule has 0 saturated carbocycles. The van der Waals surface area contributed by atoms with Crippen molar-refractivity contribution in [1.29, 1.82) is 0 Å². The molecule has 0 aliphatic heterocycles. The second-order valence-corrected chi connectivity index (χ2v) is 13.3. The third-order valence-electron chi connectivity index (χ3n) is 5.98. The van der Waals surface area contributed by atoms with Crippen molar-refractivity contribution in [3.63, 3.8) is 0 Å². The Kier molecular flexibility index (Phi) is 12.5. The zero-order valence-electron chi connectivity index (χ0n) is 25.0. The molecule has 40 heavy (non-hydrogen) atoms. The van der Waals surface area contributed by atoms with Crippen molar-refractivity contribution < 1.29 is 33.2 Å². The van der Waals surface area contributed by atoms with Crippen LogP contribution < -0.4 is 10.8 Å². The van der Waals surface area contributed by atoms with Gasteiger partial charge in [-0.15, -0.1) is 0 Å². The minimum Gasteiger partial charge on any atom is -0.464 e. The number of unbranched alkanes of at least 4 members (excludes halogenated alkanes) is 3. The van der Waals surface area contributed by atoms with E-state index in [0.717, 1.165) is 25.7 Å². The van der Waals surface area contributed by atoms with Gasteiger partial charge < -0.3 is 34.1 Å². The number of aliphatic hydroxyl groups excluding tert-OH is 1. The smallest absolute Gasteiger partial charge is 0.326 e. The van der Waals surface area contributed by atoms with Gasteiger partial charge in [0, 0.05) is 0 Å². The Morgan fingerprint density at radius 3 is 2.50 bits per heavy atom. The molecule has 0 aliphatic rings. The van der Waals surface area contributed by atoms with Crippen molar-refractivity contribution in [2.24, 2.45) is 0 Å². The van der Waals surface area contributed by atoms with Gasteiger partial charge >= 0.3 is 5.97 Å². The van der Waals surface area contributed by atoms with Gasteiger partial charge in [-0.2, -0.15) is 0 Å². The Balaban J connectivity index is 2.17. The minimum absolute atomic E-state index is 0.266. The van der Waals surface area contributed by atoms with Crippen LogP contribution >= 0.6 is 7.52 Å². The number of nitrogens with one attached hydrogen (secondary N) is 1. The molecule has 228 valence electrons. The van der Waals surface area contributed by atoms with Gasteiger partial charge in [0.25, 0.3) is 7.52 Å². The average Bonchev–Trinajstić information content (AvgIpc) is 3.25. The molecule has 2 unspecified atom stereocenters. The number of anilines is 1. The Morgan fingerprint density at radius 2 is 1.85 bits per heavy atom. The lowest BCUT2D eigenvalue weighted by molar-refractivity contribution is -0.205. The number of hydrogen-bond acceptors (Lipinski definition) is 11. The van der Waals surface area contributed by atoms with E-state index in [-0.39, 0.29) is 18.5 Å². The Hall–Kier alpha value is -2.15. The fraction of sp³-hybridized carbons (Fsp3) is 0.769. The predicted molar refractivity (Wildman–Crippen MR) is 152 cm³/mol. The number of hydrogen-bond donors (Lipinski definition) is 3. The Labute approximate surface area is 237 Å². The molecule has 2 aromatic heterocycles. The number of aromatic nitrogens is 4. The first-order chi connectivity index (χ1) is 18.6. The van der Waals surface area contributed by atoms with Gasteiger partial charge in [-0.05, 0) is 54.9 Å². The van der Waals surface area contributed by atoms with E-state index >= 15 is 0 Å². The number of ether oxygens (including phenoxy) is 3. The van der Waals surface area contributed by atoms with Crippen molar-refractivity contribution in [2.75, 3.05) is 18.7 Å². The summed E-state index contributed by atoms with van der Waals surface area (Å²) in [6.45, 7) is 14.2. The summed E-state index contributed by atoms with van der Waals surface area (Å²) in [5.41, 5.74) is 4.11. The van der Waals surface area contributed by atoms with Crippen LogP contribution in [0.2, 0.25) is 0 Å². The molecule has 0 radical (unpaired) electrons. The van der Waals surface area contributed by atoms with Gasteiger partial charge in [-0.3, -0.25) is 9.36 Å². The molecule has 13 nitrogen and oxygen atoms in total. The van der Waals surface area contributed by atoms with Crippen LogP contribution in [0.4, 0.5) is 5.82 Å². The fourth-order valence-corrected chi connectivity index (χ4v) is 6.27. The Morgan fingerprint density at radius 1 is 1.15 bits per heavy atom. The van der Waals surface area contributed by atoms with E-state index < -0.39 is 43.4 Å². The van der Waals surface area contributed by atoms with Gasteiger partial charge in [0.05, 0.1) is 31.7 Å². The van der Waals surface area contributed by atoms with Crippen LogP contribution in [0.5, 0.6) is 0 Å². The van der Waals surface area contributed by atoms with E-state index in [1.54, 1.807) is 59.4 Å². The van der Waals surface area contributed by atoms with Crippen molar-refractivity contribution in [3.8, 4) is 0 Å². The number of nitrogen functional groups attached to an aromatic ring is 1. The number of nitrogens with two attached hydrogens (primary N) is 1. The van der Waals surface area contributed by atoms with Crippen LogP contribution in [-0.2, 0) is 34.6 Å².